The Morgan fingerprint density at radius 1 is 1.10 bits per heavy atom. The number of aromatic nitrogens is 1. The summed E-state index contributed by atoms with van der Waals surface area (Å²) >= 11 is 0. The first-order chi connectivity index (χ1) is 9.70. The minimum atomic E-state index is -0.636. The normalized spacial score (nSPS) is 16.1. The van der Waals surface area contributed by atoms with Crippen molar-refractivity contribution in [3.8, 4) is 5.88 Å². The van der Waals surface area contributed by atoms with Crippen molar-refractivity contribution in [3.63, 3.8) is 0 Å². The van der Waals surface area contributed by atoms with Crippen LogP contribution in [0, 0.1) is 0 Å². The molecule has 0 spiro atoms. The zero-order chi connectivity index (χ0) is 14.1. The fourth-order valence-electron chi connectivity index (χ4n) is 2.22. The van der Waals surface area contributed by atoms with Crippen LogP contribution in [-0.4, -0.2) is 23.2 Å². The number of carbonyl (C=O) groups is 2. The molecule has 0 fully saturated rings. The van der Waals surface area contributed by atoms with Gasteiger partial charge in [-0.3, -0.25) is 0 Å². The summed E-state index contributed by atoms with van der Waals surface area (Å²) in [5, 5.41) is 0.843. The molecule has 0 saturated carbocycles. The number of hydrogen-bond acceptors (Lipinski definition) is 5. The minimum absolute atomic E-state index is 0.208. The van der Waals surface area contributed by atoms with Gasteiger partial charge in [0.15, 0.2) is 0 Å². The molecule has 2 N–H and O–H groups in total. The maximum atomic E-state index is 11.6. The minimum Gasteiger partial charge on any atom is -0.403 e. The van der Waals surface area contributed by atoms with E-state index in [1.54, 1.807) is 6.07 Å². The lowest BCUT2D eigenvalue weighted by atomic mass is 10.1. The molecular weight excluding hydrogens is 260 g/mol. The third-order valence-corrected chi connectivity index (χ3v) is 3.02. The van der Waals surface area contributed by atoms with E-state index in [4.69, 9.17) is 15.3 Å². The lowest BCUT2D eigenvalue weighted by Crippen LogP contribution is -2.23. The van der Waals surface area contributed by atoms with E-state index >= 15 is 0 Å². The van der Waals surface area contributed by atoms with Crippen LogP contribution in [0.2, 0.25) is 0 Å². The maximum Gasteiger partial charge on any atom is 0.356 e. The molecule has 1 aromatic carbocycles. The Labute approximate surface area is 114 Å². The lowest BCUT2D eigenvalue weighted by Gasteiger charge is -2.11. The van der Waals surface area contributed by atoms with Gasteiger partial charge in [0.25, 0.3) is 0 Å². The number of fused-ring (bicyclic) bond motifs is 3. The van der Waals surface area contributed by atoms with Gasteiger partial charge in [-0.05, 0) is 19.0 Å². The van der Waals surface area contributed by atoms with Gasteiger partial charge in [-0.25, -0.2) is 9.59 Å². The number of hydrogen-bond donors (Lipinski definition) is 1. The molecule has 0 unspecified atom stereocenters. The first-order valence-corrected chi connectivity index (χ1v) is 6.15. The summed E-state index contributed by atoms with van der Waals surface area (Å²) in [6.07, 6.45) is 2.58. The van der Waals surface area contributed by atoms with Crippen LogP contribution < -0.4 is 15.3 Å². The van der Waals surface area contributed by atoms with Crippen molar-refractivity contribution >= 4 is 22.8 Å². The number of nitrogens with two attached hydrogens (primary N) is 1. The number of nitrogens with zero attached hydrogens (tertiary/aromatic N) is 1. The molecule has 1 aliphatic heterocycles. The van der Waals surface area contributed by atoms with Crippen molar-refractivity contribution in [1.29, 1.82) is 0 Å². The summed E-state index contributed by atoms with van der Waals surface area (Å²) in [5.41, 5.74) is 7.01. The Hall–Kier alpha value is -2.60. The highest BCUT2D eigenvalue weighted by molar-refractivity contribution is 5.96. The van der Waals surface area contributed by atoms with Gasteiger partial charge in [0, 0.05) is 23.1 Å². The monoisotopic (exact) mass is 272 g/mol. The van der Waals surface area contributed by atoms with Crippen LogP contribution in [0.25, 0.3) is 10.9 Å². The third-order valence-electron chi connectivity index (χ3n) is 3.02. The van der Waals surface area contributed by atoms with Crippen molar-refractivity contribution in [2.24, 2.45) is 5.73 Å². The smallest absolute Gasteiger partial charge is 0.356 e. The number of benzene rings is 1. The van der Waals surface area contributed by atoms with Gasteiger partial charge in [0.2, 0.25) is 5.88 Å². The Morgan fingerprint density at radius 2 is 1.85 bits per heavy atom. The fraction of sp³-hybridized carbons (Fsp3) is 0.143. The summed E-state index contributed by atoms with van der Waals surface area (Å²) in [6.45, 7) is 0.391. The predicted molar refractivity (Wildman–Crippen MR) is 71.1 cm³/mol. The van der Waals surface area contributed by atoms with Crippen LogP contribution in [-0.2, 0) is 16.0 Å². The third kappa shape index (κ3) is 1.96. The van der Waals surface area contributed by atoms with Crippen LogP contribution in [0.4, 0.5) is 0 Å². The second kappa shape index (κ2) is 4.82. The molecule has 3 rings (SSSR count). The molecule has 6 nitrogen and oxygen atoms in total. The SMILES string of the molecule is NCCc1c2n(c3ccccc13)OC(=O)/C=C\C(=O)O2. The average molecular weight is 272 g/mol. The maximum absolute atomic E-state index is 11.6. The zero-order valence-corrected chi connectivity index (χ0v) is 10.5. The largest absolute Gasteiger partial charge is 0.403 e. The number of carbonyl (C=O) groups excluding carboxylic acids is 2. The first kappa shape index (κ1) is 12.4. The molecule has 20 heavy (non-hydrogen) atoms. The molecule has 6 heteroatoms. The Balaban J connectivity index is 2.28. The summed E-state index contributed by atoms with van der Waals surface area (Å²) < 4.78 is 6.50. The molecule has 0 amide bonds. The Kier molecular flexibility index (Phi) is 3.00. The van der Waals surface area contributed by atoms with Gasteiger partial charge >= 0.3 is 11.9 Å². The number of esters is 1. The van der Waals surface area contributed by atoms with Gasteiger partial charge in [0.1, 0.15) is 0 Å². The summed E-state index contributed by atoms with van der Waals surface area (Å²) in [4.78, 5) is 28.4. The number of ether oxygens (including phenoxy) is 1. The van der Waals surface area contributed by atoms with Crippen LogP contribution in [0.3, 0.4) is 0 Å². The molecule has 0 atom stereocenters. The van der Waals surface area contributed by atoms with Crippen LogP contribution >= 0.6 is 0 Å². The van der Waals surface area contributed by atoms with Crippen molar-refractivity contribution in [1.82, 2.24) is 4.73 Å². The first-order valence-electron chi connectivity index (χ1n) is 6.15. The standard InChI is InChI=1S/C14H12N2O4/c15-8-7-10-9-3-1-2-4-11(9)16-14(10)19-12(17)5-6-13(18)20-16/h1-6H,7-8,15H2/b6-5-. The van der Waals surface area contributed by atoms with E-state index in [2.05, 4.69) is 0 Å². The molecule has 2 aromatic rings. The quantitative estimate of drug-likeness (QED) is 0.808. The Morgan fingerprint density at radius 3 is 2.65 bits per heavy atom. The van der Waals surface area contributed by atoms with E-state index in [0.29, 0.717) is 18.5 Å². The van der Waals surface area contributed by atoms with E-state index in [1.807, 2.05) is 18.2 Å². The highest BCUT2D eigenvalue weighted by Gasteiger charge is 2.23. The van der Waals surface area contributed by atoms with Gasteiger partial charge in [0.05, 0.1) is 5.52 Å². The highest BCUT2D eigenvalue weighted by Crippen LogP contribution is 2.32. The van der Waals surface area contributed by atoms with Gasteiger partial charge in [-0.1, -0.05) is 18.2 Å². The second-order valence-corrected chi connectivity index (χ2v) is 4.30. The van der Waals surface area contributed by atoms with Crippen LogP contribution in [0.1, 0.15) is 5.56 Å². The van der Waals surface area contributed by atoms with E-state index in [1.165, 1.54) is 4.73 Å². The second-order valence-electron chi connectivity index (χ2n) is 4.30. The summed E-state index contributed by atoms with van der Waals surface area (Å²) in [6, 6.07) is 7.32. The molecule has 1 aliphatic rings. The molecule has 0 aliphatic carbocycles. The van der Waals surface area contributed by atoms with Crippen molar-refractivity contribution in [3.05, 3.63) is 42.0 Å². The van der Waals surface area contributed by atoms with Gasteiger partial charge in [-0.2, -0.15) is 0 Å². The fourth-order valence-corrected chi connectivity index (χ4v) is 2.22. The molecule has 1 aromatic heterocycles. The molecule has 2 heterocycles. The van der Waals surface area contributed by atoms with E-state index in [0.717, 1.165) is 23.1 Å². The van der Waals surface area contributed by atoms with Crippen LogP contribution in [0.15, 0.2) is 36.4 Å². The predicted octanol–water partition coefficient (Wildman–Crippen LogP) is 0.573. The van der Waals surface area contributed by atoms with Gasteiger partial charge in [-0.15, -0.1) is 4.73 Å². The topological polar surface area (TPSA) is 83.5 Å². The van der Waals surface area contributed by atoms with Gasteiger partial charge < -0.3 is 15.3 Å². The van der Waals surface area contributed by atoms with Crippen molar-refractivity contribution < 1.29 is 19.2 Å². The van der Waals surface area contributed by atoms with Crippen molar-refractivity contribution in [2.75, 3.05) is 6.54 Å². The number of para-hydroxylation sites is 1. The zero-order valence-electron chi connectivity index (χ0n) is 10.5. The van der Waals surface area contributed by atoms with E-state index < -0.39 is 11.9 Å². The molecular formula is C14H12N2O4. The number of rotatable bonds is 2. The molecule has 102 valence electrons. The van der Waals surface area contributed by atoms with Crippen molar-refractivity contribution in [2.45, 2.75) is 6.42 Å². The Bertz CT molecular complexity index is 730. The average Bonchev–Trinajstić information content (AvgIpc) is 2.70. The molecule has 0 radical (unpaired) electrons. The van der Waals surface area contributed by atoms with E-state index in [-0.39, 0.29) is 5.88 Å². The summed E-state index contributed by atoms with van der Waals surface area (Å²) in [7, 11) is 0. The lowest BCUT2D eigenvalue weighted by molar-refractivity contribution is -0.142. The van der Waals surface area contributed by atoms with Crippen LogP contribution in [0.5, 0.6) is 5.88 Å². The van der Waals surface area contributed by atoms with E-state index in [9.17, 15) is 9.59 Å². The summed E-state index contributed by atoms with van der Waals surface area (Å²) in [5.74, 6) is -1.05. The highest BCUT2D eigenvalue weighted by atomic mass is 16.7. The molecule has 0 saturated heterocycles. The molecule has 0 bridgehead atoms.